The van der Waals surface area contributed by atoms with Gasteiger partial charge in [0.25, 0.3) is 0 Å². The fourth-order valence-corrected chi connectivity index (χ4v) is 2.43. The van der Waals surface area contributed by atoms with Crippen molar-refractivity contribution in [1.82, 2.24) is 0 Å². The third kappa shape index (κ3) is 8.58. The number of unbranched alkanes of at least 4 members (excludes halogenated alkanes) is 4. The number of aliphatic carboxylic acids is 1. The van der Waals surface area contributed by atoms with Crippen LogP contribution in [0, 0.1) is 0 Å². The Morgan fingerprint density at radius 2 is 2.00 bits per heavy atom. The van der Waals surface area contributed by atoms with E-state index < -0.39 is 12.1 Å². The van der Waals surface area contributed by atoms with Gasteiger partial charge in [0.1, 0.15) is 0 Å². The Morgan fingerprint density at radius 3 is 2.71 bits per heavy atom. The molecule has 1 atom stereocenters. The number of allylic oxidation sites excluding steroid dienone is 1. The lowest BCUT2D eigenvalue weighted by Gasteiger charge is -2.08. The summed E-state index contributed by atoms with van der Waals surface area (Å²) in [7, 11) is 1.51. The van der Waals surface area contributed by atoms with Gasteiger partial charge in [-0.3, -0.25) is 4.79 Å². The highest BCUT2D eigenvalue weighted by Crippen LogP contribution is 2.26. The molecule has 0 aliphatic rings. The number of phenols is 1. The van der Waals surface area contributed by atoms with Crippen LogP contribution in [0.25, 0.3) is 0 Å². The first-order valence-electron chi connectivity index (χ1n) is 8.45. The molecule has 134 valence electrons. The second-order valence-electron chi connectivity index (χ2n) is 5.89. The Morgan fingerprint density at radius 1 is 1.25 bits per heavy atom. The summed E-state index contributed by atoms with van der Waals surface area (Å²) in [6.07, 6.45) is 9.47. The van der Waals surface area contributed by atoms with Crippen LogP contribution in [0.1, 0.15) is 50.5 Å². The standard InChI is InChI=1S/C19H28O5/c1-24-18-14-15(11-13-17(18)21)10-12-16(20)8-6-4-2-3-5-7-9-19(22)23/h6,8,11,13-14,16,20-21H,2-5,7,9-10,12H2,1H3,(H,22,23)/b8-6+. The van der Waals surface area contributed by atoms with Gasteiger partial charge in [-0.15, -0.1) is 0 Å². The summed E-state index contributed by atoms with van der Waals surface area (Å²) in [5.41, 5.74) is 1.01. The molecular weight excluding hydrogens is 308 g/mol. The molecule has 0 aliphatic carbocycles. The Hall–Kier alpha value is -2.01. The minimum Gasteiger partial charge on any atom is -0.504 e. The molecule has 0 fully saturated rings. The quantitative estimate of drug-likeness (QED) is 0.400. The zero-order valence-electron chi connectivity index (χ0n) is 14.3. The van der Waals surface area contributed by atoms with E-state index in [1.807, 2.05) is 18.2 Å². The van der Waals surface area contributed by atoms with Crippen LogP contribution < -0.4 is 4.74 Å². The summed E-state index contributed by atoms with van der Waals surface area (Å²) >= 11 is 0. The van der Waals surface area contributed by atoms with E-state index in [2.05, 4.69) is 0 Å². The Balaban J connectivity index is 2.17. The highest BCUT2D eigenvalue weighted by atomic mass is 16.5. The molecular formula is C19H28O5. The van der Waals surface area contributed by atoms with Crippen molar-refractivity contribution in [1.29, 1.82) is 0 Å². The number of aliphatic hydroxyl groups excluding tert-OH is 1. The fraction of sp³-hybridized carbons (Fsp3) is 0.526. The molecule has 5 heteroatoms. The number of benzene rings is 1. The van der Waals surface area contributed by atoms with Crippen molar-refractivity contribution in [2.75, 3.05) is 7.11 Å². The van der Waals surface area contributed by atoms with Crippen LogP contribution in [0.15, 0.2) is 30.4 Å². The molecule has 0 amide bonds. The van der Waals surface area contributed by atoms with Gasteiger partial charge in [-0.25, -0.2) is 0 Å². The number of phenolic OH excluding ortho intramolecular Hbond substituents is 1. The van der Waals surface area contributed by atoms with Crippen molar-refractivity contribution >= 4 is 5.97 Å². The van der Waals surface area contributed by atoms with Crippen molar-refractivity contribution in [3.63, 3.8) is 0 Å². The predicted octanol–water partition coefficient (Wildman–Crippen LogP) is 3.68. The van der Waals surface area contributed by atoms with Crippen LogP contribution in [0.3, 0.4) is 0 Å². The molecule has 3 N–H and O–H groups in total. The highest BCUT2D eigenvalue weighted by Gasteiger charge is 2.05. The molecule has 0 saturated carbocycles. The van der Waals surface area contributed by atoms with Gasteiger partial charge in [0, 0.05) is 6.42 Å². The molecule has 1 unspecified atom stereocenters. The zero-order chi connectivity index (χ0) is 17.8. The predicted molar refractivity (Wildman–Crippen MR) is 93.5 cm³/mol. The summed E-state index contributed by atoms with van der Waals surface area (Å²) in [5.74, 6) is -0.172. The molecule has 1 rings (SSSR count). The van der Waals surface area contributed by atoms with Crippen LogP contribution in [-0.4, -0.2) is 34.5 Å². The van der Waals surface area contributed by atoms with E-state index in [9.17, 15) is 15.0 Å². The van der Waals surface area contributed by atoms with E-state index in [1.165, 1.54) is 7.11 Å². The monoisotopic (exact) mass is 336 g/mol. The van der Waals surface area contributed by atoms with Crippen molar-refractivity contribution < 1.29 is 24.9 Å². The van der Waals surface area contributed by atoms with Crippen molar-refractivity contribution in [2.24, 2.45) is 0 Å². The van der Waals surface area contributed by atoms with Gasteiger partial charge in [-0.05, 0) is 49.8 Å². The lowest BCUT2D eigenvalue weighted by atomic mass is 10.1. The number of carboxylic acids is 1. The maximum atomic E-state index is 10.4. The zero-order valence-corrected chi connectivity index (χ0v) is 14.3. The lowest BCUT2D eigenvalue weighted by molar-refractivity contribution is -0.137. The Kier molecular flexibility index (Phi) is 9.61. The molecule has 0 aliphatic heterocycles. The molecule has 24 heavy (non-hydrogen) atoms. The highest BCUT2D eigenvalue weighted by molar-refractivity contribution is 5.66. The second-order valence-corrected chi connectivity index (χ2v) is 5.89. The van der Waals surface area contributed by atoms with Crippen LogP contribution in [0.4, 0.5) is 0 Å². The largest absolute Gasteiger partial charge is 0.504 e. The third-order valence-electron chi connectivity index (χ3n) is 3.84. The van der Waals surface area contributed by atoms with Gasteiger partial charge in [0.05, 0.1) is 13.2 Å². The number of aromatic hydroxyl groups is 1. The number of ether oxygens (including phenoxy) is 1. The summed E-state index contributed by atoms with van der Waals surface area (Å²) < 4.78 is 5.07. The first-order valence-corrected chi connectivity index (χ1v) is 8.45. The molecule has 0 bridgehead atoms. The number of hydrogen-bond donors (Lipinski definition) is 3. The van der Waals surface area contributed by atoms with Gasteiger partial charge in [-0.1, -0.05) is 31.1 Å². The summed E-state index contributed by atoms with van der Waals surface area (Å²) in [4.78, 5) is 10.4. The third-order valence-corrected chi connectivity index (χ3v) is 3.84. The maximum Gasteiger partial charge on any atom is 0.303 e. The Labute approximate surface area is 143 Å². The van der Waals surface area contributed by atoms with Gasteiger partial charge < -0.3 is 20.1 Å². The van der Waals surface area contributed by atoms with E-state index >= 15 is 0 Å². The van der Waals surface area contributed by atoms with E-state index in [1.54, 1.807) is 12.1 Å². The number of aryl methyl sites for hydroxylation is 1. The number of rotatable bonds is 12. The SMILES string of the molecule is COc1cc(CCC(O)/C=C/CCCCCCC(=O)O)ccc1O. The van der Waals surface area contributed by atoms with E-state index in [0.29, 0.717) is 18.6 Å². The number of hydrogen-bond acceptors (Lipinski definition) is 4. The first kappa shape index (κ1) is 20.0. The molecule has 5 nitrogen and oxygen atoms in total. The minimum absolute atomic E-state index is 0.116. The fourth-order valence-electron chi connectivity index (χ4n) is 2.43. The maximum absolute atomic E-state index is 10.4. The average molecular weight is 336 g/mol. The molecule has 0 aromatic heterocycles. The number of methoxy groups -OCH3 is 1. The van der Waals surface area contributed by atoms with Crippen molar-refractivity contribution in [2.45, 2.75) is 57.5 Å². The summed E-state index contributed by atoms with van der Waals surface area (Å²) in [6.45, 7) is 0. The normalized spacial score (nSPS) is 12.4. The number of carbonyl (C=O) groups is 1. The molecule has 0 saturated heterocycles. The minimum atomic E-state index is -0.732. The average Bonchev–Trinajstić information content (AvgIpc) is 2.56. The van der Waals surface area contributed by atoms with E-state index in [-0.39, 0.29) is 12.2 Å². The van der Waals surface area contributed by atoms with Crippen LogP contribution >= 0.6 is 0 Å². The van der Waals surface area contributed by atoms with Crippen LogP contribution in [-0.2, 0) is 11.2 Å². The van der Waals surface area contributed by atoms with Crippen LogP contribution in [0.2, 0.25) is 0 Å². The van der Waals surface area contributed by atoms with E-state index in [0.717, 1.165) is 37.7 Å². The van der Waals surface area contributed by atoms with Gasteiger partial charge in [-0.2, -0.15) is 0 Å². The second kappa shape index (κ2) is 11.5. The Bertz CT molecular complexity index is 524. The smallest absolute Gasteiger partial charge is 0.303 e. The van der Waals surface area contributed by atoms with Crippen molar-refractivity contribution in [3.8, 4) is 11.5 Å². The van der Waals surface area contributed by atoms with Gasteiger partial charge in [0.2, 0.25) is 0 Å². The number of carboxylic acid groups (broad SMARTS) is 1. The van der Waals surface area contributed by atoms with Gasteiger partial charge >= 0.3 is 5.97 Å². The molecule has 1 aromatic rings. The number of aliphatic hydroxyl groups is 1. The molecule has 0 spiro atoms. The van der Waals surface area contributed by atoms with Gasteiger partial charge in [0.15, 0.2) is 11.5 Å². The summed E-state index contributed by atoms with van der Waals surface area (Å²) in [5, 5.41) is 28.0. The molecule has 0 heterocycles. The van der Waals surface area contributed by atoms with Crippen LogP contribution in [0.5, 0.6) is 11.5 Å². The topological polar surface area (TPSA) is 87.0 Å². The lowest BCUT2D eigenvalue weighted by Crippen LogP contribution is -2.04. The molecule has 0 radical (unpaired) electrons. The molecule has 1 aromatic carbocycles. The van der Waals surface area contributed by atoms with E-state index in [4.69, 9.17) is 9.84 Å². The van der Waals surface area contributed by atoms with Crippen molar-refractivity contribution in [3.05, 3.63) is 35.9 Å². The summed E-state index contributed by atoms with van der Waals surface area (Å²) in [6, 6.07) is 5.20. The first-order chi connectivity index (χ1) is 11.5.